The van der Waals surface area contributed by atoms with Crippen LogP contribution in [0, 0.1) is 0 Å². The van der Waals surface area contributed by atoms with Gasteiger partial charge in [-0.15, -0.1) is 11.8 Å². The molecule has 12 nitrogen and oxygen atoms in total. The Labute approximate surface area is 221 Å². The lowest BCUT2D eigenvalue weighted by Crippen LogP contribution is -2.71. The highest BCUT2D eigenvalue weighted by atomic mass is 32.2. The average Bonchev–Trinajstić information content (AvgIpc) is 3.14. The molecule has 5 N–H and O–H groups in total. The molecule has 2 saturated heterocycles. The first-order chi connectivity index (χ1) is 17.8. The van der Waals surface area contributed by atoms with Crippen molar-refractivity contribution in [2.24, 2.45) is 0 Å². The predicted molar refractivity (Wildman–Crippen MR) is 135 cm³/mol. The van der Waals surface area contributed by atoms with Crippen LogP contribution in [-0.2, 0) is 14.4 Å². The Morgan fingerprint density at radius 2 is 1.71 bits per heavy atom. The second-order valence-electron chi connectivity index (χ2n) is 9.45. The number of carboxylic acids is 1. The van der Waals surface area contributed by atoms with Gasteiger partial charge < -0.3 is 30.9 Å². The zero-order chi connectivity index (χ0) is 27.9. The summed E-state index contributed by atoms with van der Waals surface area (Å²) < 4.78 is -0.773. The van der Waals surface area contributed by atoms with Crippen molar-refractivity contribution in [3.8, 4) is 11.5 Å². The molecule has 2 aliphatic rings. The van der Waals surface area contributed by atoms with Gasteiger partial charge in [0.1, 0.15) is 23.5 Å². The smallest absolute Gasteiger partial charge is 0.327 e. The van der Waals surface area contributed by atoms with E-state index in [1.807, 2.05) is 0 Å². The van der Waals surface area contributed by atoms with Crippen molar-refractivity contribution in [3.63, 3.8) is 0 Å². The summed E-state index contributed by atoms with van der Waals surface area (Å²) in [7, 11) is 1.18. The van der Waals surface area contributed by atoms with E-state index in [2.05, 4.69) is 10.6 Å². The molecule has 200 valence electrons. The minimum Gasteiger partial charge on any atom is -0.504 e. The van der Waals surface area contributed by atoms with E-state index in [0.29, 0.717) is 10.5 Å². The summed E-state index contributed by atoms with van der Waals surface area (Å²) in [5.74, 6) is -4.17. The quantitative estimate of drug-likeness (QED) is 0.266. The topological polar surface area (TPSA) is 177 Å². The fourth-order valence-corrected chi connectivity index (χ4v) is 6.12. The molecule has 0 spiro atoms. The lowest BCUT2D eigenvalue weighted by molar-refractivity contribution is -0.161. The number of aliphatic carboxylic acids is 1. The van der Waals surface area contributed by atoms with Gasteiger partial charge in [-0.25, -0.2) is 9.59 Å². The molecule has 0 saturated carbocycles. The highest BCUT2D eigenvalue weighted by molar-refractivity contribution is 8.01. The maximum absolute atomic E-state index is 13.4. The molecule has 2 aliphatic heterocycles. The largest absolute Gasteiger partial charge is 0.504 e. The van der Waals surface area contributed by atoms with E-state index in [-0.39, 0.29) is 5.56 Å². The Morgan fingerprint density at radius 1 is 1.05 bits per heavy atom. The standard InChI is InChI=1S/C25H26N4O8S/c1-25(2)18(23(35)36)29-21(34)17(22(29)38-25)26-19(32)16(12-7-5-4-6-8-12)27-24(37)28(3)20(33)13-9-10-14(30)15(31)11-13/h4-11,16-18,22,30-31H,1-3H3,(H,26,32)(H,27,37)(H,35,36)/t16?,17-,18+,22-/m1/s1. The molecule has 4 rings (SSSR count). The first-order valence-corrected chi connectivity index (χ1v) is 12.4. The van der Waals surface area contributed by atoms with Gasteiger partial charge in [-0.05, 0) is 37.6 Å². The van der Waals surface area contributed by atoms with Gasteiger partial charge >= 0.3 is 12.0 Å². The number of phenolic OH excluding ortho intramolecular Hbond substituents is 2. The Balaban J connectivity index is 1.51. The molecule has 0 bridgehead atoms. The number of thioether (sulfide) groups is 1. The van der Waals surface area contributed by atoms with E-state index in [1.54, 1.807) is 44.2 Å². The number of phenols is 2. The second-order valence-corrected chi connectivity index (χ2v) is 11.2. The molecule has 2 heterocycles. The van der Waals surface area contributed by atoms with E-state index < -0.39 is 69.5 Å². The number of carboxylic acid groups (broad SMARTS) is 1. The molecule has 0 aromatic heterocycles. The van der Waals surface area contributed by atoms with Gasteiger partial charge in [0.25, 0.3) is 5.91 Å². The summed E-state index contributed by atoms with van der Waals surface area (Å²) >= 11 is 1.27. The minimum absolute atomic E-state index is 0.0762. The van der Waals surface area contributed by atoms with Crippen molar-refractivity contribution >= 4 is 41.5 Å². The van der Waals surface area contributed by atoms with Crippen LogP contribution in [-0.4, -0.2) is 84.1 Å². The van der Waals surface area contributed by atoms with Crippen molar-refractivity contribution in [3.05, 3.63) is 59.7 Å². The van der Waals surface area contributed by atoms with Crippen LogP contribution in [0.25, 0.3) is 0 Å². The van der Waals surface area contributed by atoms with Gasteiger partial charge in [-0.3, -0.25) is 19.3 Å². The third kappa shape index (κ3) is 4.72. The predicted octanol–water partition coefficient (Wildman–Crippen LogP) is 1.25. The highest BCUT2D eigenvalue weighted by Gasteiger charge is 2.64. The molecular weight excluding hydrogens is 516 g/mol. The van der Waals surface area contributed by atoms with E-state index in [4.69, 9.17) is 0 Å². The first-order valence-electron chi connectivity index (χ1n) is 11.5. The fourth-order valence-electron chi connectivity index (χ4n) is 4.49. The second kappa shape index (κ2) is 9.89. The number of β-lactam (4-membered cyclic amide) rings is 1. The normalized spacial score (nSPS) is 22.0. The van der Waals surface area contributed by atoms with Gasteiger partial charge in [0, 0.05) is 17.4 Å². The number of benzene rings is 2. The van der Waals surface area contributed by atoms with Crippen LogP contribution in [0.4, 0.5) is 4.79 Å². The Kier molecular flexibility index (Phi) is 6.98. The van der Waals surface area contributed by atoms with Gasteiger partial charge in [-0.2, -0.15) is 0 Å². The summed E-state index contributed by atoms with van der Waals surface area (Å²) in [6, 6.07) is 7.27. The summed E-state index contributed by atoms with van der Waals surface area (Å²) in [6.07, 6.45) is 0. The lowest BCUT2D eigenvalue weighted by Gasteiger charge is -2.44. The van der Waals surface area contributed by atoms with Gasteiger partial charge in [0.05, 0.1) is 0 Å². The summed E-state index contributed by atoms with van der Waals surface area (Å²) in [6.45, 7) is 3.43. The number of imide groups is 1. The minimum atomic E-state index is -1.29. The molecule has 1 unspecified atom stereocenters. The van der Waals surface area contributed by atoms with Gasteiger partial charge in [-0.1, -0.05) is 30.3 Å². The SMILES string of the molecule is CN(C(=O)NC(C(=O)N[C@@H]1C(=O)N2[C@@H]1SC(C)(C)[C@@H]2C(=O)O)c1ccccc1)C(=O)c1ccc(O)c(O)c1. The fraction of sp³-hybridized carbons (Fsp3) is 0.320. The van der Waals surface area contributed by atoms with E-state index in [1.165, 1.54) is 29.8 Å². The average molecular weight is 543 g/mol. The first kappa shape index (κ1) is 26.8. The van der Waals surface area contributed by atoms with Crippen LogP contribution in [0.3, 0.4) is 0 Å². The van der Waals surface area contributed by atoms with Crippen LogP contribution in [0.1, 0.15) is 35.8 Å². The van der Waals surface area contributed by atoms with Crippen molar-refractivity contribution in [1.29, 1.82) is 0 Å². The van der Waals surface area contributed by atoms with Gasteiger partial charge in [0.2, 0.25) is 11.8 Å². The molecule has 2 aromatic rings. The molecule has 38 heavy (non-hydrogen) atoms. The van der Waals surface area contributed by atoms with Crippen molar-refractivity contribution in [2.75, 3.05) is 7.05 Å². The molecule has 13 heteroatoms. The van der Waals surface area contributed by atoms with E-state index >= 15 is 0 Å². The lowest BCUT2D eigenvalue weighted by atomic mass is 9.95. The maximum Gasteiger partial charge on any atom is 0.327 e. The number of nitrogens with one attached hydrogen (secondary N) is 2. The monoisotopic (exact) mass is 542 g/mol. The van der Waals surface area contributed by atoms with E-state index in [9.17, 15) is 39.3 Å². The number of carbonyl (C=O) groups excluding carboxylic acids is 4. The number of hydrogen-bond donors (Lipinski definition) is 5. The number of hydrogen-bond acceptors (Lipinski definition) is 8. The number of amides is 5. The van der Waals surface area contributed by atoms with Crippen molar-refractivity contribution in [2.45, 2.75) is 42.1 Å². The zero-order valence-corrected chi connectivity index (χ0v) is 21.4. The molecular formula is C25H26N4O8S. The summed E-state index contributed by atoms with van der Waals surface area (Å²) in [5.41, 5.74) is 0.306. The van der Waals surface area contributed by atoms with Gasteiger partial charge in [0.15, 0.2) is 11.5 Å². The third-order valence-electron chi connectivity index (χ3n) is 6.47. The number of nitrogens with zero attached hydrogens (tertiary/aromatic N) is 2. The van der Waals surface area contributed by atoms with Crippen LogP contribution in [0.5, 0.6) is 11.5 Å². The molecule has 4 atom stereocenters. The number of carbonyl (C=O) groups is 5. The molecule has 2 aromatic carbocycles. The van der Waals surface area contributed by atoms with Crippen LogP contribution in [0.2, 0.25) is 0 Å². The van der Waals surface area contributed by atoms with Crippen LogP contribution >= 0.6 is 11.8 Å². The summed E-state index contributed by atoms with van der Waals surface area (Å²) in [4.78, 5) is 65.6. The molecule has 0 radical (unpaired) electrons. The summed E-state index contributed by atoms with van der Waals surface area (Å²) in [5, 5.41) is 33.3. The number of urea groups is 1. The van der Waals surface area contributed by atoms with Crippen LogP contribution in [0.15, 0.2) is 48.5 Å². The van der Waals surface area contributed by atoms with Crippen LogP contribution < -0.4 is 10.6 Å². The number of rotatable bonds is 6. The Morgan fingerprint density at radius 3 is 2.32 bits per heavy atom. The van der Waals surface area contributed by atoms with Crippen molar-refractivity contribution in [1.82, 2.24) is 20.4 Å². The zero-order valence-electron chi connectivity index (χ0n) is 20.6. The third-order valence-corrected chi connectivity index (χ3v) is 8.04. The molecule has 5 amide bonds. The molecule has 0 aliphatic carbocycles. The molecule has 2 fully saturated rings. The highest BCUT2D eigenvalue weighted by Crippen LogP contribution is 2.50. The Bertz CT molecular complexity index is 1320. The maximum atomic E-state index is 13.4. The Hall–Kier alpha value is -4.26. The number of aromatic hydroxyl groups is 2. The van der Waals surface area contributed by atoms with E-state index in [0.717, 1.165) is 12.1 Å². The number of fused-ring (bicyclic) bond motifs is 1. The van der Waals surface area contributed by atoms with Crippen molar-refractivity contribution < 1.29 is 39.3 Å².